The van der Waals surface area contributed by atoms with E-state index in [2.05, 4.69) is 43.0 Å². The molecule has 0 aliphatic heterocycles. The average Bonchev–Trinajstić information content (AvgIpc) is 2.88. The summed E-state index contributed by atoms with van der Waals surface area (Å²) in [5.74, 6) is 1.01. The lowest BCUT2D eigenvalue weighted by Gasteiger charge is -2.13. The first kappa shape index (κ1) is 8.18. The molecule has 12 heavy (non-hydrogen) atoms. The lowest BCUT2D eigenvalue weighted by Crippen LogP contribution is -2.06. The molecule has 1 fully saturated rings. The van der Waals surface area contributed by atoms with Gasteiger partial charge in [-0.05, 0) is 36.0 Å². The van der Waals surface area contributed by atoms with Crippen molar-refractivity contribution in [2.45, 2.75) is 24.7 Å². The minimum atomic E-state index is 0.517. The topological polar surface area (TPSA) is 0 Å². The van der Waals surface area contributed by atoms with Crippen LogP contribution in [0.1, 0.15) is 24.8 Å². The van der Waals surface area contributed by atoms with Crippen molar-refractivity contribution >= 4 is 12.6 Å². The molecule has 1 aliphatic carbocycles. The zero-order valence-electron chi connectivity index (χ0n) is 7.16. The van der Waals surface area contributed by atoms with Crippen LogP contribution in [0, 0.1) is 0 Å². The van der Waals surface area contributed by atoms with Gasteiger partial charge in [0.1, 0.15) is 0 Å². The Balaban J connectivity index is 2.19. The van der Waals surface area contributed by atoms with Crippen LogP contribution in [-0.4, -0.2) is 5.75 Å². The highest BCUT2D eigenvalue weighted by Crippen LogP contribution is 2.50. The van der Waals surface area contributed by atoms with Crippen LogP contribution >= 0.6 is 12.6 Å². The minimum Gasteiger partial charge on any atom is -0.179 e. The van der Waals surface area contributed by atoms with Crippen molar-refractivity contribution < 1.29 is 0 Å². The Morgan fingerprint density at radius 3 is 2.33 bits per heavy atom. The standard InChI is InChI=1S/C11H14S/c12-9-8-11(6-7-11)10-4-2-1-3-5-10/h1-5,12H,6-9H2. The molecule has 0 unspecified atom stereocenters. The van der Waals surface area contributed by atoms with E-state index in [1.165, 1.54) is 24.8 Å². The number of rotatable bonds is 3. The normalized spacial score (nSPS) is 19.1. The van der Waals surface area contributed by atoms with Gasteiger partial charge in [-0.2, -0.15) is 12.6 Å². The van der Waals surface area contributed by atoms with Crippen LogP contribution in [0.2, 0.25) is 0 Å². The Morgan fingerprint density at radius 1 is 1.17 bits per heavy atom. The third-order valence-corrected chi connectivity index (χ3v) is 3.05. The SMILES string of the molecule is SCCC1(c2ccccc2)CC1. The summed E-state index contributed by atoms with van der Waals surface area (Å²) in [4.78, 5) is 0. The highest BCUT2D eigenvalue weighted by molar-refractivity contribution is 7.80. The predicted octanol–water partition coefficient (Wildman–Crippen LogP) is 3.04. The highest BCUT2D eigenvalue weighted by atomic mass is 32.1. The molecule has 0 radical (unpaired) electrons. The fourth-order valence-corrected chi connectivity index (χ4v) is 2.27. The van der Waals surface area contributed by atoms with E-state index in [-0.39, 0.29) is 0 Å². The lowest BCUT2D eigenvalue weighted by molar-refractivity contribution is 0.672. The first-order chi connectivity index (χ1) is 5.87. The highest BCUT2D eigenvalue weighted by Gasteiger charge is 2.42. The van der Waals surface area contributed by atoms with Gasteiger partial charge in [-0.3, -0.25) is 0 Å². The largest absolute Gasteiger partial charge is 0.179 e. The molecule has 0 aromatic heterocycles. The Bertz CT molecular complexity index is 249. The maximum absolute atomic E-state index is 4.30. The first-order valence-corrected chi connectivity index (χ1v) is 5.17. The van der Waals surface area contributed by atoms with Gasteiger partial charge in [0.15, 0.2) is 0 Å². The molecule has 1 aromatic carbocycles. The van der Waals surface area contributed by atoms with Crippen molar-refractivity contribution in [2.24, 2.45) is 0 Å². The van der Waals surface area contributed by atoms with Gasteiger partial charge >= 0.3 is 0 Å². The van der Waals surface area contributed by atoms with Gasteiger partial charge in [-0.1, -0.05) is 30.3 Å². The molecule has 1 saturated carbocycles. The summed E-state index contributed by atoms with van der Waals surface area (Å²) in [6.45, 7) is 0. The van der Waals surface area contributed by atoms with Crippen molar-refractivity contribution in [2.75, 3.05) is 5.75 Å². The van der Waals surface area contributed by atoms with E-state index in [0.29, 0.717) is 5.41 Å². The third-order valence-electron chi connectivity index (χ3n) is 2.83. The van der Waals surface area contributed by atoms with Crippen LogP contribution in [0.3, 0.4) is 0 Å². The molecule has 0 bridgehead atoms. The monoisotopic (exact) mass is 178 g/mol. The van der Waals surface area contributed by atoms with E-state index in [4.69, 9.17) is 0 Å². The third kappa shape index (κ3) is 1.38. The summed E-state index contributed by atoms with van der Waals surface area (Å²) >= 11 is 4.30. The molecule has 1 heteroatoms. The quantitative estimate of drug-likeness (QED) is 0.676. The second-order valence-corrected chi connectivity index (χ2v) is 4.07. The summed E-state index contributed by atoms with van der Waals surface area (Å²) < 4.78 is 0. The Hall–Kier alpha value is -0.430. The molecule has 64 valence electrons. The zero-order valence-corrected chi connectivity index (χ0v) is 8.06. The van der Waals surface area contributed by atoms with Crippen molar-refractivity contribution in [3.05, 3.63) is 35.9 Å². The molecule has 2 rings (SSSR count). The smallest absolute Gasteiger partial charge is 0.00386 e. The van der Waals surface area contributed by atoms with E-state index in [1.807, 2.05) is 0 Å². The van der Waals surface area contributed by atoms with Crippen LogP contribution in [0.5, 0.6) is 0 Å². The van der Waals surface area contributed by atoms with Gasteiger partial charge < -0.3 is 0 Å². The van der Waals surface area contributed by atoms with Gasteiger partial charge in [0.25, 0.3) is 0 Å². The van der Waals surface area contributed by atoms with Crippen molar-refractivity contribution in [1.82, 2.24) is 0 Å². The summed E-state index contributed by atoms with van der Waals surface area (Å²) in [7, 11) is 0. The summed E-state index contributed by atoms with van der Waals surface area (Å²) in [5, 5.41) is 0. The minimum absolute atomic E-state index is 0.517. The van der Waals surface area contributed by atoms with Crippen molar-refractivity contribution in [1.29, 1.82) is 0 Å². The summed E-state index contributed by atoms with van der Waals surface area (Å²) in [6, 6.07) is 10.8. The van der Waals surface area contributed by atoms with Gasteiger partial charge in [0, 0.05) is 0 Å². The number of hydrogen-bond donors (Lipinski definition) is 1. The Morgan fingerprint density at radius 2 is 1.83 bits per heavy atom. The molecule has 0 saturated heterocycles. The maximum Gasteiger partial charge on any atom is -0.00386 e. The molecule has 0 nitrogen and oxygen atoms in total. The van der Waals surface area contributed by atoms with Crippen molar-refractivity contribution in [3.8, 4) is 0 Å². The average molecular weight is 178 g/mol. The molecule has 1 aromatic rings. The van der Waals surface area contributed by atoms with Gasteiger partial charge in [0.05, 0.1) is 0 Å². The van der Waals surface area contributed by atoms with Gasteiger partial charge in [-0.15, -0.1) is 0 Å². The molecule has 0 spiro atoms. The summed E-state index contributed by atoms with van der Waals surface area (Å²) in [6.07, 6.45) is 3.95. The predicted molar refractivity (Wildman–Crippen MR) is 55.8 cm³/mol. The molecule has 0 heterocycles. The molecular weight excluding hydrogens is 164 g/mol. The number of hydrogen-bond acceptors (Lipinski definition) is 1. The van der Waals surface area contributed by atoms with E-state index in [0.717, 1.165) is 5.75 Å². The zero-order chi connectivity index (χ0) is 8.44. The van der Waals surface area contributed by atoms with Gasteiger partial charge in [-0.25, -0.2) is 0 Å². The van der Waals surface area contributed by atoms with E-state index in [9.17, 15) is 0 Å². The molecule has 0 N–H and O–H groups in total. The van der Waals surface area contributed by atoms with Crippen LogP contribution in [-0.2, 0) is 5.41 Å². The second-order valence-electron chi connectivity index (χ2n) is 3.62. The van der Waals surface area contributed by atoms with E-state index >= 15 is 0 Å². The molecule has 0 atom stereocenters. The molecule has 0 amide bonds. The van der Waals surface area contributed by atoms with E-state index in [1.54, 1.807) is 0 Å². The first-order valence-electron chi connectivity index (χ1n) is 4.54. The fourth-order valence-electron chi connectivity index (χ4n) is 1.84. The summed E-state index contributed by atoms with van der Waals surface area (Å²) in [5.41, 5.74) is 2.03. The Labute approximate surface area is 79.4 Å². The van der Waals surface area contributed by atoms with Crippen LogP contribution in [0.25, 0.3) is 0 Å². The second kappa shape index (κ2) is 3.14. The molecular formula is C11H14S. The van der Waals surface area contributed by atoms with Crippen LogP contribution in [0.4, 0.5) is 0 Å². The maximum atomic E-state index is 4.30. The van der Waals surface area contributed by atoms with Crippen LogP contribution < -0.4 is 0 Å². The van der Waals surface area contributed by atoms with E-state index < -0.39 is 0 Å². The Kier molecular flexibility index (Phi) is 2.14. The van der Waals surface area contributed by atoms with Crippen LogP contribution in [0.15, 0.2) is 30.3 Å². The van der Waals surface area contributed by atoms with Gasteiger partial charge in [0.2, 0.25) is 0 Å². The number of thiol groups is 1. The fraction of sp³-hybridized carbons (Fsp3) is 0.455. The number of benzene rings is 1. The van der Waals surface area contributed by atoms with Crippen molar-refractivity contribution in [3.63, 3.8) is 0 Å². The molecule has 1 aliphatic rings. The lowest BCUT2D eigenvalue weighted by atomic mass is 9.93.